The molecular weight excluding hydrogens is 360 g/mol. The van der Waals surface area contributed by atoms with Gasteiger partial charge in [0.25, 0.3) is 5.79 Å². The van der Waals surface area contributed by atoms with E-state index < -0.39 is 46.2 Å². The van der Waals surface area contributed by atoms with Gasteiger partial charge in [-0.15, -0.1) is 0 Å². The maximum absolute atomic E-state index is 13.3. The minimum Gasteiger partial charge on any atom is -0.451 e. The Kier molecular flexibility index (Phi) is 3.98. The normalized spacial score (nSPS) is 48.8. The molecular formula is C22H32O6. The number of carbonyl (C=O) groups is 2. The van der Waals surface area contributed by atoms with Crippen LogP contribution in [0.5, 0.6) is 0 Å². The van der Waals surface area contributed by atoms with E-state index in [9.17, 15) is 19.8 Å². The Hall–Kier alpha value is -1.40. The summed E-state index contributed by atoms with van der Waals surface area (Å²) in [5.74, 6) is -3.74. The molecule has 2 bridgehead atoms. The summed E-state index contributed by atoms with van der Waals surface area (Å²) in [5.41, 5.74) is -2.90. The van der Waals surface area contributed by atoms with Gasteiger partial charge in [-0.1, -0.05) is 40.2 Å². The van der Waals surface area contributed by atoms with Crippen LogP contribution in [0.3, 0.4) is 0 Å². The number of carbonyl (C=O) groups excluding carboxylic acids is 2. The summed E-state index contributed by atoms with van der Waals surface area (Å²) in [5, 5.41) is 23.9. The van der Waals surface area contributed by atoms with Crippen molar-refractivity contribution in [1.29, 1.82) is 0 Å². The van der Waals surface area contributed by atoms with Crippen molar-refractivity contribution < 1.29 is 29.3 Å². The zero-order valence-corrected chi connectivity index (χ0v) is 17.5. The summed E-state index contributed by atoms with van der Waals surface area (Å²) in [6.07, 6.45) is 4.73. The van der Waals surface area contributed by atoms with Gasteiger partial charge < -0.3 is 19.7 Å². The average Bonchev–Trinajstić information content (AvgIpc) is 2.82. The van der Waals surface area contributed by atoms with Gasteiger partial charge in [0.1, 0.15) is 11.0 Å². The third-order valence-corrected chi connectivity index (χ3v) is 8.23. The molecule has 6 nitrogen and oxygen atoms in total. The summed E-state index contributed by atoms with van der Waals surface area (Å²) in [6.45, 7) is 9.44. The van der Waals surface area contributed by atoms with Crippen LogP contribution in [0.4, 0.5) is 0 Å². The second kappa shape index (κ2) is 5.60. The highest BCUT2D eigenvalue weighted by atomic mass is 16.7. The fraction of sp³-hybridized carbons (Fsp3) is 0.818. The Bertz CT molecular complexity index is 771. The molecule has 6 atom stereocenters. The monoisotopic (exact) mass is 392 g/mol. The van der Waals surface area contributed by atoms with Crippen molar-refractivity contribution in [3.63, 3.8) is 0 Å². The fourth-order valence-corrected chi connectivity index (χ4v) is 6.80. The molecule has 3 fully saturated rings. The van der Waals surface area contributed by atoms with E-state index in [0.717, 1.165) is 25.7 Å². The molecule has 0 radical (unpaired) electrons. The van der Waals surface area contributed by atoms with Gasteiger partial charge in [-0.3, -0.25) is 9.59 Å². The van der Waals surface area contributed by atoms with E-state index in [2.05, 4.69) is 13.8 Å². The highest BCUT2D eigenvalue weighted by Crippen LogP contribution is 2.72. The smallest absolute Gasteiger partial charge is 0.318 e. The molecule has 4 aliphatic rings. The largest absolute Gasteiger partial charge is 0.451 e. The van der Waals surface area contributed by atoms with Crippen molar-refractivity contribution in [2.24, 2.45) is 22.2 Å². The lowest BCUT2D eigenvalue weighted by molar-refractivity contribution is -0.292. The lowest BCUT2D eigenvalue weighted by atomic mass is 9.42. The number of fused-ring (bicyclic) bond motifs is 1. The molecule has 0 amide bonds. The van der Waals surface area contributed by atoms with Crippen LogP contribution in [0, 0.1) is 22.2 Å². The van der Waals surface area contributed by atoms with Crippen LogP contribution in [0.15, 0.2) is 11.6 Å². The number of hydrogen-bond donors (Lipinski definition) is 2. The van der Waals surface area contributed by atoms with Crippen LogP contribution in [0.1, 0.15) is 73.1 Å². The van der Waals surface area contributed by atoms with Gasteiger partial charge in [0.15, 0.2) is 6.10 Å². The molecule has 156 valence electrons. The zero-order chi connectivity index (χ0) is 20.8. The SMILES string of the molecule is CC[C@]1(C)C=C2[C@@H](OC(C)=O)[C@@]3(O)OC(=O)[C@@]4(CCCC(C)(C)[C@H]34)[C@@]2(O)CC1. The van der Waals surface area contributed by atoms with Crippen molar-refractivity contribution in [3.05, 3.63) is 11.6 Å². The predicted molar refractivity (Wildman–Crippen MR) is 101 cm³/mol. The predicted octanol–water partition coefficient (Wildman–Crippen LogP) is 2.86. The lowest BCUT2D eigenvalue weighted by Gasteiger charge is -2.62. The molecule has 0 aromatic heterocycles. The van der Waals surface area contributed by atoms with Crippen LogP contribution in [0.25, 0.3) is 0 Å². The third-order valence-electron chi connectivity index (χ3n) is 8.23. The average molecular weight is 392 g/mol. The number of aliphatic hydroxyl groups is 2. The molecule has 4 rings (SSSR count). The molecule has 1 saturated heterocycles. The minimum atomic E-state index is -1.96. The lowest BCUT2D eigenvalue weighted by Crippen LogP contribution is -2.72. The highest BCUT2D eigenvalue weighted by Gasteiger charge is 2.83. The van der Waals surface area contributed by atoms with Crippen molar-refractivity contribution in [2.45, 2.75) is 90.6 Å². The number of rotatable bonds is 2. The van der Waals surface area contributed by atoms with Crippen LogP contribution >= 0.6 is 0 Å². The zero-order valence-electron chi connectivity index (χ0n) is 17.5. The number of allylic oxidation sites excluding steroid dienone is 1. The first-order chi connectivity index (χ1) is 12.9. The van der Waals surface area contributed by atoms with Gasteiger partial charge in [-0.25, -0.2) is 0 Å². The number of esters is 2. The third kappa shape index (κ3) is 2.16. The molecule has 0 aromatic carbocycles. The summed E-state index contributed by atoms with van der Waals surface area (Å²) in [6, 6.07) is 0. The fourth-order valence-electron chi connectivity index (χ4n) is 6.80. The van der Waals surface area contributed by atoms with Crippen molar-refractivity contribution in [1.82, 2.24) is 0 Å². The van der Waals surface area contributed by atoms with E-state index in [1.165, 1.54) is 6.92 Å². The van der Waals surface area contributed by atoms with Crippen molar-refractivity contribution in [3.8, 4) is 0 Å². The Morgan fingerprint density at radius 2 is 1.89 bits per heavy atom. The van der Waals surface area contributed by atoms with Crippen LogP contribution < -0.4 is 0 Å². The molecule has 0 aromatic rings. The Labute approximate surface area is 166 Å². The van der Waals surface area contributed by atoms with E-state index >= 15 is 0 Å². The first-order valence-corrected chi connectivity index (χ1v) is 10.4. The van der Waals surface area contributed by atoms with Crippen LogP contribution in [0.2, 0.25) is 0 Å². The molecule has 28 heavy (non-hydrogen) atoms. The highest BCUT2D eigenvalue weighted by molar-refractivity contribution is 5.85. The molecule has 2 N–H and O–H groups in total. The van der Waals surface area contributed by atoms with Crippen molar-refractivity contribution >= 4 is 11.9 Å². The summed E-state index contributed by atoms with van der Waals surface area (Å²) in [4.78, 5) is 25.3. The maximum Gasteiger partial charge on any atom is 0.318 e. The van der Waals surface area contributed by atoms with E-state index in [-0.39, 0.29) is 5.41 Å². The number of hydrogen-bond acceptors (Lipinski definition) is 6. The topological polar surface area (TPSA) is 93.1 Å². The molecule has 1 aliphatic heterocycles. The Morgan fingerprint density at radius 1 is 1.21 bits per heavy atom. The van der Waals surface area contributed by atoms with E-state index in [1.807, 2.05) is 19.9 Å². The Balaban J connectivity index is 2.02. The van der Waals surface area contributed by atoms with Gasteiger partial charge in [0.2, 0.25) is 0 Å². The standard InChI is InChI=1S/C22H32O6/c1-6-19(5)10-11-21(25)14(12-19)15(27-13(2)23)22(26)16-18(3,4)8-7-9-20(16,21)17(24)28-22/h12,15-16,25-26H,6-11H2,1-5H3/t15-,16+,19+,20+,21-,22-/m1/s1. The maximum atomic E-state index is 13.3. The first kappa shape index (κ1) is 19.9. The van der Waals surface area contributed by atoms with Crippen LogP contribution in [-0.2, 0) is 19.1 Å². The molecule has 3 aliphatic carbocycles. The van der Waals surface area contributed by atoms with Gasteiger partial charge in [0, 0.05) is 12.5 Å². The second-order valence-electron chi connectivity index (χ2n) is 10.3. The van der Waals surface area contributed by atoms with Gasteiger partial charge in [-0.2, -0.15) is 0 Å². The molecule has 0 spiro atoms. The molecule has 6 heteroatoms. The minimum absolute atomic E-state index is 0.202. The molecule has 1 heterocycles. The van der Waals surface area contributed by atoms with E-state index in [4.69, 9.17) is 9.47 Å². The number of ether oxygens (including phenoxy) is 2. The summed E-state index contributed by atoms with van der Waals surface area (Å²) >= 11 is 0. The van der Waals surface area contributed by atoms with Gasteiger partial charge in [-0.05, 0) is 42.9 Å². The second-order valence-corrected chi connectivity index (χ2v) is 10.3. The van der Waals surface area contributed by atoms with Crippen molar-refractivity contribution in [2.75, 3.05) is 0 Å². The van der Waals surface area contributed by atoms with Gasteiger partial charge in [0.05, 0.1) is 5.92 Å². The van der Waals surface area contributed by atoms with E-state index in [0.29, 0.717) is 18.4 Å². The molecule has 0 unspecified atom stereocenters. The Morgan fingerprint density at radius 3 is 2.50 bits per heavy atom. The van der Waals surface area contributed by atoms with Gasteiger partial charge >= 0.3 is 11.9 Å². The first-order valence-electron chi connectivity index (χ1n) is 10.4. The summed E-state index contributed by atoms with van der Waals surface area (Å²) in [7, 11) is 0. The molecule has 2 saturated carbocycles. The van der Waals surface area contributed by atoms with E-state index in [1.54, 1.807) is 0 Å². The van der Waals surface area contributed by atoms with Crippen LogP contribution in [-0.4, -0.2) is 39.6 Å². The quantitative estimate of drug-likeness (QED) is 0.554. The summed E-state index contributed by atoms with van der Waals surface area (Å²) < 4.78 is 11.2.